The highest BCUT2D eigenvalue weighted by molar-refractivity contribution is 6.34. The molecule has 30 heavy (non-hydrogen) atoms. The first-order valence-corrected chi connectivity index (χ1v) is 9.26. The summed E-state index contributed by atoms with van der Waals surface area (Å²) in [4.78, 5) is 8.58. The van der Waals surface area contributed by atoms with Crippen LogP contribution in [0.25, 0.3) is 22.0 Å². The third kappa shape index (κ3) is 3.50. The Balaban J connectivity index is 2.05. The molecule has 1 aliphatic heterocycles. The summed E-state index contributed by atoms with van der Waals surface area (Å²) in [5.74, 6) is -4.50. The largest absolute Gasteiger partial charge is 0.507 e. The van der Waals surface area contributed by atoms with Crippen LogP contribution >= 0.6 is 11.6 Å². The maximum atomic E-state index is 15.4. The normalized spacial score (nSPS) is 15.1. The van der Waals surface area contributed by atoms with Gasteiger partial charge in [-0.2, -0.15) is 13.2 Å². The Morgan fingerprint density at radius 3 is 2.40 bits per heavy atom. The van der Waals surface area contributed by atoms with Crippen LogP contribution in [0.2, 0.25) is 5.02 Å². The van der Waals surface area contributed by atoms with E-state index in [1.165, 1.54) is 12.1 Å². The van der Waals surface area contributed by atoms with Gasteiger partial charge in [0.2, 0.25) is 5.82 Å². The molecule has 0 aliphatic carbocycles. The van der Waals surface area contributed by atoms with E-state index >= 15 is 4.39 Å². The van der Waals surface area contributed by atoms with Crippen LogP contribution in [0.3, 0.4) is 0 Å². The van der Waals surface area contributed by atoms with Crippen molar-refractivity contribution in [2.45, 2.75) is 6.18 Å². The molecule has 1 aliphatic rings. The molecule has 4 rings (SSSR count). The second kappa shape index (κ2) is 7.51. The molecule has 11 heteroatoms. The van der Waals surface area contributed by atoms with Crippen molar-refractivity contribution in [3.63, 3.8) is 0 Å². The van der Waals surface area contributed by atoms with Gasteiger partial charge in [0.15, 0.2) is 5.82 Å². The van der Waals surface area contributed by atoms with Gasteiger partial charge in [0.1, 0.15) is 22.9 Å². The summed E-state index contributed by atoms with van der Waals surface area (Å²) < 4.78 is 70.0. The number of phenolic OH excluding ortho intramolecular Hbond substituents is 1. The van der Waals surface area contributed by atoms with Crippen molar-refractivity contribution < 1.29 is 27.1 Å². The number of nitrogens with one attached hydrogen (secondary N) is 1. The molecule has 0 atom stereocenters. The zero-order valence-electron chi connectivity index (χ0n) is 15.2. The molecule has 0 unspecified atom stereocenters. The number of nitrogens with zero attached hydrogens (tertiary/aromatic N) is 3. The smallest absolute Gasteiger partial charge is 0.451 e. The number of anilines is 1. The maximum Gasteiger partial charge on any atom is 0.451 e. The number of hydrogen-bond donors (Lipinski definition) is 2. The zero-order chi connectivity index (χ0) is 21.6. The van der Waals surface area contributed by atoms with Crippen LogP contribution in [-0.2, 0) is 6.18 Å². The Hall–Kier alpha value is -2.72. The van der Waals surface area contributed by atoms with Gasteiger partial charge in [-0.3, -0.25) is 0 Å². The van der Waals surface area contributed by atoms with Crippen LogP contribution in [-0.4, -0.2) is 41.3 Å². The zero-order valence-corrected chi connectivity index (χ0v) is 16.0. The van der Waals surface area contributed by atoms with Crippen molar-refractivity contribution in [1.82, 2.24) is 15.3 Å². The first kappa shape index (κ1) is 20.5. The van der Waals surface area contributed by atoms with Crippen LogP contribution in [0.4, 0.5) is 27.8 Å². The fourth-order valence-electron chi connectivity index (χ4n) is 3.41. The molecule has 2 heterocycles. The van der Waals surface area contributed by atoms with E-state index in [-0.39, 0.29) is 16.2 Å². The third-order valence-corrected chi connectivity index (χ3v) is 5.07. The lowest BCUT2D eigenvalue weighted by molar-refractivity contribution is -0.144. The topological polar surface area (TPSA) is 61.3 Å². The predicted octanol–water partition coefficient (Wildman–Crippen LogP) is 4.36. The number of phenols is 1. The lowest BCUT2D eigenvalue weighted by Crippen LogP contribution is -2.44. The summed E-state index contributed by atoms with van der Waals surface area (Å²) in [6.45, 7) is 1.70. The molecule has 3 aromatic rings. The van der Waals surface area contributed by atoms with E-state index in [4.69, 9.17) is 11.6 Å². The molecular weight excluding hydrogens is 431 g/mol. The monoisotopic (exact) mass is 444 g/mol. The van der Waals surface area contributed by atoms with Gasteiger partial charge in [-0.05, 0) is 18.2 Å². The number of aromatic hydroxyl groups is 1. The number of rotatable bonds is 2. The molecule has 0 spiro atoms. The summed E-state index contributed by atoms with van der Waals surface area (Å²) in [7, 11) is 0. The molecule has 1 saturated heterocycles. The van der Waals surface area contributed by atoms with Crippen molar-refractivity contribution in [2.75, 3.05) is 31.1 Å². The fourth-order valence-corrected chi connectivity index (χ4v) is 3.70. The summed E-state index contributed by atoms with van der Waals surface area (Å²) in [6.07, 6.45) is -4.93. The highest BCUT2D eigenvalue weighted by Crippen LogP contribution is 2.43. The molecular formula is C19H14ClF5N4O. The van der Waals surface area contributed by atoms with Crippen molar-refractivity contribution in [3.8, 4) is 16.9 Å². The van der Waals surface area contributed by atoms with Crippen LogP contribution in [0.5, 0.6) is 5.75 Å². The van der Waals surface area contributed by atoms with Gasteiger partial charge in [0, 0.05) is 37.1 Å². The van der Waals surface area contributed by atoms with E-state index in [2.05, 4.69) is 15.3 Å². The first-order valence-electron chi connectivity index (χ1n) is 8.89. The summed E-state index contributed by atoms with van der Waals surface area (Å²) in [6, 6.07) is 4.49. The van der Waals surface area contributed by atoms with Crippen LogP contribution < -0.4 is 10.2 Å². The lowest BCUT2D eigenvalue weighted by atomic mass is 10.0. The van der Waals surface area contributed by atoms with Crippen LogP contribution in [0.1, 0.15) is 5.82 Å². The highest BCUT2D eigenvalue weighted by Gasteiger charge is 2.37. The van der Waals surface area contributed by atoms with Crippen LogP contribution in [0, 0.1) is 11.6 Å². The van der Waals surface area contributed by atoms with Crippen molar-refractivity contribution in [2.24, 2.45) is 0 Å². The summed E-state index contributed by atoms with van der Waals surface area (Å²) >= 11 is 6.20. The summed E-state index contributed by atoms with van der Waals surface area (Å²) in [5.41, 5.74) is -1.79. The first-order chi connectivity index (χ1) is 14.2. The van der Waals surface area contributed by atoms with Crippen molar-refractivity contribution in [1.29, 1.82) is 0 Å². The van der Waals surface area contributed by atoms with E-state index in [1.54, 1.807) is 4.90 Å². The molecule has 0 amide bonds. The molecule has 2 N–H and O–H groups in total. The lowest BCUT2D eigenvalue weighted by Gasteiger charge is -2.30. The molecule has 158 valence electrons. The van der Waals surface area contributed by atoms with E-state index in [1.807, 2.05) is 0 Å². The number of aromatic nitrogens is 2. The minimum atomic E-state index is -4.93. The Bertz CT molecular complexity index is 1110. The van der Waals surface area contributed by atoms with Gasteiger partial charge in [-0.25, -0.2) is 18.7 Å². The van der Waals surface area contributed by atoms with Crippen LogP contribution in [0.15, 0.2) is 24.3 Å². The number of hydrogen-bond acceptors (Lipinski definition) is 5. The van der Waals surface area contributed by atoms with Gasteiger partial charge < -0.3 is 15.3 Å². The second-order valence-electron chi connectivity index (χ2n) is 6.68. The fraction of sp³-hybridized carbons (Fsp3) is 0.263. The van der Waals surface area contributed by atoms with Gasteiger partial charge in [-0.1, -0.05) is 17.7 Å². The van der Waals surface area contributed by atoms with Gasteiger partial charge in [0.05, 0.1) is 10.6 Å². The summed E-state index contributed by atoms with van der Waals surface area (Å²) in [5, 5.41) is 12.8. The predicted molar refractivity (Wildman–Crippen MR) is 102 cm³/mol. The Kier molecular flexibility index (Phi) is 5.15. The van der Waals surface area contributed by atoms with Gasteiger partial charge >= 0.3 is 6.18 Å². The SMILES string of the molecule is Oc1cccc(F)c1-c1c(Cl)cc2c(N3CCNCC3)nc(C(F)(F)F)nc2c1F. The molecule has 2 aromatic carbocycles. The number of benzene rings is 2. The number of piperazine rings is 1. The van der Waals surface area contributed by atoms with E-state index in [0.29, 0.717) is 26.2 Å². The van der Waals surface area contributed by atoms with E-state index in [9.17, 15) is 22.7 Å². The molecule has 5 nitrogen and oxygen atoms in total. The van der Waals surface area contributed by atoms with Crippen molar-refractivity contribution >= 4 is 28.3 Å². The third-order valence-electron chi connectivity index (χ3n) is 4.77. The minimum absolute atomic E-state index is 0.0352. The Morgan fingerprint density at radius 2 is 1.77 bits per heavy atom. The number of halogens is 6. The second-order valence-corrected chi connectivity index (χ2v) is 7.09. The highest BCUT2D eigenvalue weighted by atomic mass is 35.5. The minimum Gasteiger partial charge on any atom is -0.507 e. The Labute approximate surface area is 172 Å². The average Bonchev–Trinajstić information content (AvgIpc) is 2.69. The Morgan fingerprint density at radius 1 is 1.07 bits per heavy atom. The van der Waals surface area contributed by atoms with Gasteiger partial charge in [-0.15, -0.1) is 0 Å². The molecule has 1 fully saturated rings. The number of alkyl halides is 3. The van der Waals surface area contributed by atoms with Crippen molar-refractivity contribution in [3.05, 3.63) is 46.7 Å². The maximum absolute atomic E-state index is 15.4. The standard InChI is InChI=1S/C19H14ClF5N4O/c20-10-8-9-16(15(22)13(10)14-11(21)2-1-3-12(14)30)27-18(19(23,24)25)28-17(9)29-6-4-26-5-7-29/h1-3,8,26,30H,4-7H2. The van der Waals surface area contributed by atoms with Gasteiger partial charge in [0.25, 0.3) is 0 Å². The quantitative estimate of drug-likeness (QED) is 0.575. The van der Waals surface area contributed by atoms with E-state index in [0.717, 1.165) is 12.1 Å². The number of fused-ring (bicyclic) bond motifs is 1. The average molecular weight is 445 g/mol. The van der Waals surface area contributed by atoms with E-state index < -0.39 is 46.0 Å². The molecule has 0 bridgehead atoms. The molecule has 1 aromatic heterocycles. The molecule has 0 saturated carbocycles. The molecule has 0 radical (unpaired) electrons.